The lowest BCUT2D eigenvalue weighted by Crippen LogP contribution is -2.41. The Morgan fingerprint density at radius 3 is 2.48 bits per heavy atom. The van der Waals surface area contributed by atoms with Crippen LogP contribution in [-0.4, -0.2) is 31.1 Å². The van der Waals surface area contributed by atoms with Crippen LogP contribution in [0.4, 0.5) is 0 Å². The van der Waals surface area contributed by atoms with Gasteiger partial charge in [0, 0.05) is 13.1 Å². The molecule has 2 aromatic carbocycles. The standard InChI is InChI=1S/C21H26N2/c1-2-7-19(8-3-1)21-20-9-5-4-6-18(20)12-15-23(21)16-17-10-13-22-14-11-17/h1-9,17,21-22H,10-16H2. The molecule has 2 aliphatic rings. The highest BCUT2D eigenvalue weighted by Crippen LogP contribution is 2.36. The highest BCUT2D eigenvalue weighted by atomic mass is 15.2. The van der Waals surface area contributed by atoms with Gasteiger partial charge in [0.1, 0.15) is 0 Å². The van der Waals surface area contributed by atoms with Gasteiger partial charge in [-0.25, -0.2) is 0 Å². The van der Waals surface area contributed by atoms with E-state index in [1.165, 1.54) is 62.1 Å². The molecule has 0 bridgehead atoms. The lowest BCUT2D eigenvalue weighted by molar-refractivity contribution is 0.163. The first kappa shape index (κ1) is 14.9. The van der Waals surface area contributed by atoms with Crippen LogP contribution in [0.2, 0.25) is 0 Å². The monoisotopic (exact) mass is 306 g/mol. The van der Waals surface area contributed by atoms with Crippen molar-refractivity contribution in [3.05, 3.63) is 71.3 Å². The fourth-order valence-electron chi connectivity index (χ4n) is 4.24. The van der Waals surface area contributed by atoms with Crippen LogP contribution < -0.4 is 5.32 Å². The van der Waals surface area contributed by atoms with E-state index in [1.807, 2.05) is 0 Å². The highest BCUT2D eigenvalue weighted by Gasteiger charge is 2.30. The molecule has 0 aromatic heterocycles. The molecule has 23 heavy (non-hydrogen) atoms. The molecule has 2 nitrogen and oxygen atoms in total. The molecular weight excluding hydrogens is 280 g/mol. The van der Waals surface area contributed by atoms with Gasteiger partial charge in [0.2, 0.25) is 0 Å². The first-order valence-corrected chi connectivity index (χ1v) is 8.99. The zero-order valence-corrected chi connectivity index (χ0v) is 13.7. The van der Waals surface area contributed by atoms with Crippen molar-refractivity contribution < 1.29 is 0 Å². The Balaban J connectivity index is 1.65. The van der Waals surface area contributed by atoms with Gasteiger partial charge >= 0.3 is 0 Å². The molecule has 0 amide bonds. The molecule has 2 aliphatic heterocycles. The summed E-state index contributed by atoms with van der Waals surface area (Å²) in [6, 6.07) is 20.5. The average molecular weight is 306 g/mol. The van der Waals surface area contributed by atoms with E-state index < -0.39 is 0 Å². The number of fused-ring (bicyclic) bond motifs is 1. The molecule has 1 saturated heterocycles. The predicted molar refractivity (Wildman–Crippen MR) is 95.6 cm³/mol. The molecule has 1 N–H and O–H groups in total. The molecule has 4 rings (SSSR count). The van der Waals surface area contributed by atoms with E-state index in [0.717, 1.165) is 5.92 Å². The quantitative estimate of drug-likeness (QED) is 0.931. The van der Waals surface area contributed by atoms with E-state index in [1.54, 1.807) is 0 Å². The summed E-state index contributed by atoms with van der Waals surface area (Å²) < 4.78 is 0. The van der Waals surface area contributed by atoms with Gasteiger partial charge in [-0.2, -0.15) is 0 Å². The minimum absolute atomic E-state index is 0.427. The predicted octanol–water partition coefficient (Wildman–Crippen LogP) is 3.63. The van der Waals surface area contributed by atoms with Gasteiger partial charge in [-0.15, -0.1) is 0 Å². The molecule has 0 saturated carbocycles. The molecule has 120 valence electrons. The number of nitrogens with one attached hydrogen (secondary N) is 1. The number of benzene rings is 2. The van der Waals surface area contributed by atoms with E-state index in [-0.39, 0.29) is 0 Å². The molecule has 1 unspecified atom stereocenters. The Morgan fingerprint density at radius 2 is 1.65 bits per heavy atom. The normalized spacial score (nSPS) is 22.7. The molecular formula is C21H26N2. The van der Waals surface area contributed by atoms with Crippen LogP contribution in [0.3, 0.4) is 0 Å². The molecule has 2 heteroatoms. The molecule has 1 fully saturated rings. The van der Waals surface area contributed by atoms with Crippen molar-refractivity contribution in [3.63, 3.8) is 0 Å². The molecule has 2 heterocycles. The van der Waals surface area contributed by atoms with Crippen LogP contribution in [0.15, 0.2) is 54.6 Å². The summed E-state index contributed by atoms with van der Waals surface area (Å²) >= 11 is 0. The van der Waals surface area contributed by atoms with Crippen LogP contribution in [-0.2, 0) is 6.42 Å². The van der Waals surface area contributed by atoms with Gasteiger partial charge in [0.15, 0.2) is 0 Å². The van der Waals surface area contributed by atoms with Gasteiger partial charge < -0.3 is 5.32 Å². The van der Waals surface area contributed by atoms with Crippen LogP contribution in [0.1, 0.15) is 35.6 Å². The second-order valence-corrected chi connectivity index (χ2v) is 6.95. The third-order valence-electron chi connectivity index (χ3n) is 5.45. The summed E-state index contributed by atoms with van der Waals surface area (Å²) in [7, 11) is 0. The summed E-state index contributed by atoms with van der Waals surface area (Å²) in [5, 5.41) is 3.49. The number of rotatable bonds is 3. The van der Waals surface area contributed by atoms with Crippen molar-refractivity contribution in [3.8, 4) is 0 Å². The van der Waals surface area contributed by atoms with Crippen LogP contribution in [0.25, 0.3) is 0 Å². The van der Waals surface area contributed by atoms with Gasteiger partial charge in [0.25, 0.3) is 0 Å². The Bertz CT molecular complexity index is 631. The van der Waals surface area contributed by atoms with Crippen LogP contribution in [0.5, 0.6) is 0 Å². The van der Waals surface area contributed by atoms with Crippen LogP contribution in [0, 0.1) is 5.92 Å². The Hall–Kier alpha value is -1.64. The number of hydrogen-bond acceptors (Lipinski definition) is 2. The second kappa shape index (κ2) is 6.86. The third-order valence-corrected chi connectivity index (χ3v) is 5.45. The average Bonchev–Trinajstić information content (AvgIpc) is 2.63. The summed E-state index contributed by atoms with van der Waals surface area (Å²) in [5.74, 6) is 0.840. The van der Waals surface area contributed by atoms with Gasteiger partial charge in [0.05, 0.1) is 6.04 Å². The first-order chi connectivity index (χ1) is 11.4. The van der Waals surface area contributed by atoms with Crippen molar-refractivity contribution in [1.29, 1.82) is 0 Å². The minimum Gasteiger partial charge on any atom is -0.317 e. The van der Waals surface area contributed by atoms with E-state index >= 15 is 0 Å². The van der Waals surface area contributed by atoms with Crippen LogP contribution >= 0.6 is 0 Å². The Kier molecular flexibility index (Phi) is 4.45. The molecule has 0 spiro atoms. The van der Waals surface area contributed by atoms with Gasteiger partial charge in [-0.3, -0.25) is 4.90 Å². The van der Waals surface area contributed by atoms with E-state index in [0.29, 0.717) is 6.04 Å². The smallest absolute Gasteiger partial charge is 0.0604 e. The van der Waals surface area contributed by atoms with Crippen molar-refractivity contribution >= 4 is 0 Å². The number of nitrogens with zero attached hydrogens (tertiary/aromatic N) is 1. The van der Waals surface area contributed by atoms with Crippen molar-refractivity contribution in [1.82, 2.24) is 10.2 Å². The maximum atomic E-state index is 3.49. The fraction of sp³-hybridized carbons (Fsp3) is 0.429. The Labute approximate surface area is 139 Å². The van der Waals surface area contributed by atoms with Gasteiger partial charge in [-0.05, 0) is 55.0 Å². The lowest BCUT2D eigenvalue weighted by Gasteiger charge is -2.40. The molecule has 1 atom stereocenters. The van der Waals surface area contributed by atoms with E-state index in [9.17, 15) is 0 Å². The van der Waals surface area contributed by atoms with Crippen molar-refractivity contribution in [2.75, 3.05) is 26.2 Å². The summed E-state index contributed by atoms with van der Waals surface area (Å²) in [4.78, 5) is 2.73. The van der Waals surface area contributed by atoms with Crippen molar-refractivity contribution in [2.45, 2.75) is 25.3 Å². The molecule has 0 radical (unpaired) electrons. The topological polar surface area (TPSA) is 15.3 Å². The zero-order valence-electron chi connectivity index (χ0n) is 13.7. The summed E-state index contributed by atoms with van der Waals surface area (Å²) in [5.41, 5.74) is 4.48. The second-order valence-electron chi connectivity index (χ2n) is 6.95. The van der Waals surface area contributed by atoms with Gasteiger partial charge in [-0.1, -0.05) is 54.6 Å². The SMILES string of the molecule is c1ccc(C2c3ccccc3CCN2CC2CCNCC2)cc1. The number of hydrogen-bond donors (Lipinski definition) is 1. The third kappa shape index (κ3) is 3.19. The fourth-order valence-corrected chi connectivity index (χ4v) is 4.24. The van der Waals surface area contributed by atoms with Crippen molar-refractivity contribution in [2.24, 2.45) is 5.92 Å². The Morgan fingerprint density at radius 1 is 0.913 bits per heavy atom. The summed E-state index contributed by atoms with van der Waals surface area (Å²) in [6.07, 6.45) is 3.82. The number of piperidine rings is 1. The minimum atomic E-state index is 0.427. The lowest BCUT2D eigenvalue weighted by atomic mass is 9.86. The molecule has 0 aliphatic carbocycles. The first-order valence-electron chi connectivity index (χ1n) is 8.99. The maximum absolute atomic E-state index is 3.49. The molecule has 2 aromatic rings. The highest BCUT2D eigenvalue weighted by molar-refractivity contribution is 5.39. The largest absolute Gasteiger partial charge is 0.317 e. The van der Waals surface area contributed by atoms with E-state index in [2.05, 4.69) is 64.8 Å². The summed E-state index contributed by atoms with van der Waals surface area (Å²) in [6.45, 7) is 4.78. The maximum Gasteiger partial charge on any atom is 0.0604 e. The zero-order chi connectivity index (χ0) is 15.5. The van der Waals surface area contributed by atoms with E-state index in [4.69, 9.17) is 0 Å².